The molecule has 0 saturated carbocycles. The van der Waals surface area contributed by atoms with Gasteiger partial charge in [-0.15, -0.1) is 6.58 Å². The van der Waals surface area contributed by atoms with Crippen LogP contribution in [0.15, 0.2) is 31.0 Å². The molecule has 1 aliphatic heterocycles. The first-order valence-electron chi connectivity index (χ1n) is 6.12. The Bertz CT molecular complexity index is 410. The van der Waals surface area contributed by atoms with Gasteiger partial charge in [0.1, 0.15) is 5.82 Å². The third-order valence-electron chi connectivity index (χ3n) is 2.86. The van der Waals surface area contributed by atoms with Gasteiger partial charge in [-0.25, -0.2) is 4.98 Å². The summed E-state index contributed by atoms with van der Waals surface area (Å²) < 4.78 is 0. The molecule has 0 spiro atoms. The van der Waals surface area contributed by atoms with Crippen LogP contribution in [0.4, 0.5) is 5.82 Å². The van der Waals surface area contributed by atoms with E-state index in [9.17, 15) is 4.79 Å². The Morgan fingerprint density at radius 2 is 2.28 bits per heavy atom. The van der Waals surface area contributed by atoms with Crippen LogP contribution in [-0.4, -0.2) is 43.6 Å². The van der Waals surface area contributed by atoms with E-state index in [1.165, 1.54) is 0 Å². The molecule has 18 heavy (non-hydrogen) atoms. The molecule has 5 nitrogen and oxygen atoms in total. The molecule has 1 aromatic rings. The van der Waals surface area contributed by atoms with Crippen molar-refractivity contribution in [2.24, 2.45) is 0 Å². The van der Waals surface area contributed by atoms with Crippen LogP contribution in [0.3, 0.4) is 0 Å². The lowest BCUT2D eigenvalue weighted by molar-refractivity contribution is 0.0957. The highest BCUT2D eigenvalue weighted by Crippen LogP contribution is 2.11. The van der Waals surface area contributed by atoms with Gasteiger partial charge in [-0.3, -0.25) is 4.79 Å². The topological polar surface area (TPSA) is 57.3 Å². The summed E-state index contributed by atoms with van der Waals surface area (Å²) in [6.07, 6.45) is 3.27. The van der Waals surface area contributed by atoms with E-state index in [0.717, 1.165) is 32.0 Å². The normalized spacial score (nSPS) is 15.2. The van der Waals surface area contributed by atoms with Crippen LogP contribution in [0.2, 0.25) is 0 Å². The molecule has 0 aromatic carbocycles. The molecule has 0 bridgehead atoms. The Morgan fingerprint density at radius 1 is 1.50 bits per heavy atom. The summed E-state index contributed by atoms with van der Waals surface area (Å²) >= 11 is 0. The minimum atomic E-state index is -0.116. The zero-order valence-electron chi connectivity index (χ0n) is 10.4. The molecule has 1 amide bonds. The Labute approximate surface area is 107 Å². The van der Waals surface area contributed by atoms with Gasteiger partial charge in [-0.05, 0) is 12.1 Å². The maximum atomic E-state index is 11.7. The molecule has 0 radical (unpaired) electrons. The van der Waals surface area contributed by atoms with Crippen LogP contribution >= 0.6 is 0 Å². The fraction of sp³-hybridized carbons (Fsp3) is 0.385. The average molecular weight is 246 g/mol. The van der Waals surface area contributed by atoms with Gasteiger partial charge in [0.25, 0.3) is 5.91 Å². The molecule has 1 aromatic heterocycles. The fourth-order valence-electron chi connectivity index (χ4n) is 1.87. The molecule has 1 aliphatic rings. The van der Waals surface area contributed by atoms with E-state index in [2.05, 4.69) is 27.1 Å². The molecular weight excluding hydrogens is 228 g/mol. The third-order valence-corrected chi connectivity index (χ3v) is 2.86. The zero-order chi connectivity index (χ0) is 12.8. The largest absolute Gasteiger partial charge is 0.354 e. The Hall–Kier alpha value is -1.88. The third kappa shape index (κ3) is 3.07. The monoisotopic (exact) mass is 246 g/mol. The van der Waals surface area contributed by atoms with Crippen LogP contribution in [0.5, 0.6) is 0 Å². The van der Waals surface area contributed by atoms with Crippen molar-refractivity contribution in [3.05, 3.63) is 36.5 Å². The minimum absolute atomic E-state index is 0.116. The van der Waals surface area contributed by atoms with Crippen LogP contribution in [0.25, 0.3) is 0 Å². The van der Waals surface area contributed by atoms with Gasteiger partial charge in [0, 0.05) is 38.9 Å². The highest BCUT2D eigenvalue weighted by molar-refractivity contribution is 5.94. The van der Waals surface area contributed by atoms with Crippen molar-refractivity contribution in [1.29, 1.82) is 0 Å². The van der Waals surface area contributed by atoms with E-state index in [4.69, 9.17) is 0 Å². The van der Waals surface area contributed by atoms with Gasteiger partial charge in [0.05, 0.1) is 5.56 Å². The zero-order valence-corrected chi connectivity index (χ0v) is 10.4. The second-order valence-electron chi connectivity index (χ2n) is 4.14. The number of hydrogen-bond donors (Lipinski definition) is 2. The number of hydrogen-bond acceptors (Lipinski definition) is 4. The Kier molecular flexibility index (Phi) is 4.30. The lowest BCUT2D eigenvalue weighted by Gasteiger charge is -2.28. The second-order valence-corrected chi connectivity index (χ2v) is 4.14. The first-order chi connectivity index (χ1) is 8.81. The van der Waals surface area contributed by atoms with Crippen molar-refractivity contribution in [2.45, 2.75) is 0 Å². The summed E-state index contributed by atoms with van der Waals surface area (Å²) in [7, 11) is 0. The van der Waals surface area contributed by atoms with E-state index in [1.54, 1.807) is 12.3 Å². The molecule has 96 valence electrons. The molecule has 2 rings (SSSR count). The summed E-state index contributed by atoms with van der Waals surface area (Å²) in [5.74, 6) is 0.811. The molecule has 0 atom stereocenters. The highest BCUT2D eigenvalue weighted by atomic mass is 16.1. The molecule has 2 N–H and O–H groups in total. The average Bonchev–Trinajstić information content (AvgIpc) is 2.46. The van der Waals surface area contributed by atoms with Crippen LogP contribution in [0, 0.1) is 0 Å². The van der Waals surface area contributed by atoms with Crippen molar-refractivity contribution in [3.63, 3.8) is 0 Å². The number of nitrogens with one attached hydrogen (secondary N) is 2. The summed E-state index contributed by atoms with van der Waals surface area (Å²) in [6.45, 7) is 7.89. The SMILES string of the molecule is C=CCNC(=O)c1ccc(N2CCNCC2)nc1. The number of amides is 1. The number of piperazine rings is 1. The van der Waals surface area contributed by atoms with Gasteiger partial charge >= 0.3 is 0 Å². The first-order valence-corrected chi connectivity index (χ1v) is 6.12. The van der Waals surface area contributed by atoms with E-state index < -0.39 is 0 Å². The number of nitrogens with zero attached hydrogens (tertiary/aromatic N) is 2. The van der Waals surface area contributed by atoms with Crippen molar-refractivity contribution < 1.29 is 4.79 Å². The predicted molar refractivity (Wildman–Crippen MR) is 71.8 cm³/mol. The lowest BCUT2D eigenvalue weighted by Crippen LogP contribution is -2.43. The first kappa shape index (κ1) is 12.6. The van der Waals surface area contributed by atoms with Crippen LogP contribution in [0.1, 0.15) is 10.4 Å². The van der Waals surface area contributed by atoms with Crippen molar-refractivity contribution in [1.82, 2.24) is 15.6 Å². The van der Waals surface area contributed by atoms with Crippen molar-refractivity contribution in [3.8, 4) is 0 Å². The standard InChI is InChI=1S/C13H18N4O/c1-2-5-15-13(18)11-3-4-12(16-10-11)17-8-6-14-7-9-17/h2-4,10,14H,1,5-9H2,(H,15,18). The maximum Gasteiger partial charge on any atom is 0.253 e. The Balaban J connectivity index is 2.00. The minimum Gasteiger partial charge on any atom is -0.354 e. The summed E-state index contributed by atoms with van der Waals surface area (Å²) in [6, 6.07) is 3.71. The van der Waals surface area contributed by atoms with Gasteiger partial charge < -0.3 is 15.5 Å². The number of carbonyl (C=O) groups is 1. The van der Waals surface area contributed by atoms with E-state index in [0.29, 0.717) is 12.1 Å². The molecule has 2 heterocycles. The van der Waals surface area contributed by atoms with Gasteiger partial charge in [-0.2, -0.15) is 0 Å². The molecule has 1 saturated heterocycles. The number of anilines is 1. The highest BCUT2D eigenvalue weighted by Gasteiger charge is 2.12. The second kappa shape index (κ2) is 6.16. The summed E-state index contributed by atoms with van der Waals surface area (Å²) in [5, 5.41) is 6.02. The lowest BCUT2D eigenvalue weighted by atomic mass is 10.2. The molecule has 0 unspecified atom stereocenters. The van der Waals surface area contributed by atoms with E-state index >= 15 is 0 Å². The number of aromatic nitrogens is 1. The molecule has 1 fully saturated rings. The molecule has 5 heteroatoms. The van der Waals surface area contributed by atoms with Crippen LogP contribution < -0.4 is 15.5 Å². The summed E-state index contributed by atoms with van der Waals surface area (Å²) in [5.41, 5.74) is 0.579. The van der Waals surface area contributed by atoms with E-state index in [1.807, 2.05) is 12.1 Å². The quantitative estimate of drug-likeness (QED) is 0.755. The van der Waals surface area contributed by atoms with Crippen molar-refractivity contribution >= 4 is 11.7 Å². The van der Waals surface area contributed by atoms with E-state index in [-0.39, 0.29) is 5.91 Å². The van der Waals surface area contributed by atoms with Gasteiger partial charge in [0.15, 0.2) is 0 Å². The number of rotatable bonds is 4. The summed E-state index contributed by atoms with van der Waals surface area (Å²) in [4.78, 5) is 18.2. The van der Waals surface area contributed by atoms with Gasteiger partial charge in [-0.1, -0.05) is 6.08 Å². The number of pyridine rings is 1. The van der Waals surface area contributed by atoms with Crippen molar-refractivity contribution in [2.75, 3.05) is 37.6 Å². The predicted octanol–water partition coefficient (Wildman–Crippen LogP) is 0.407. The molecule has 0 aliphatic carbocycles. The van der Waals surface area contributed by atoms with Gasteiger partial charge in [0.2, 0.25) is 0 Å². The van der Waals surface area contributed by atoms with Crippen LogP contribution in [-0.2, 0) is 0 Å². The number of carbonyl (C=O) groups excluding carboxylic acids is 1. The molecular formula is C13H18N4O. The fourth-order valence-corrected chi connectivity index (χ4v) is 1.87. The Morgan fingerprint density at radius 3 is 2.89 bits per heavy atom. The smallest absolute Gasteiger partial charge is 0.253 e. The maximum absolute atomic E-state index is 11.7.